The van der Waals surface area contributed by atoms with Crippen LogP contribution in [0.1, 0.15) is 40.0 Å². The first-order chi connectivity index (χ1) is 6.72. The first-order valence-corrected chi connectivity index (χ1v) is 5.21. The second-order valence-electron chi connectivity index (χ2n) is 3.01. The Labute approximate surface area is 87.4 Å². The molecule has 0 aliphatic carbocycles. The summed E-state index contributed by atoms with van der Waals surface area (Å²) >= 11 is 0. The SMILES string of the molecule is C/C=C/OC(C)CCCC.OCCO. The summed E-state index contributed by atoms with van der Waals surface area (Å²) in [4.78, 5) is 0. The molecule has 0 rings (SSSR count). The zero-order valence-corrected chi connectivity index (χ0v) is 9.57. The molecule has 1 unspecified atom stereocenters. The minimum atomic E-state index is -0.125. The van der Waals surface area contributed by atoms with Crippen LogP contribution in [0, 0.1) is 0 Å². The number of ether oxygens (including phenoxy) is 1. The molecule has 3 nitrogen and oxygen atoms in total. The topological polar surface area (TPSA) is 49.7 Å². The Kier molecular flexibility index (Phi) is 17.0. The van der Waals surface area contributed by atoms with Crippen LogP contribution in [0.5, 0.6) is 0 Å². The van der Waals surface area contributed by atoms with E-state index in [-0.39, 0.29) is 13.2 Å². The molecule has 0 saturated heterocycles. The molecule has 0 aliphatic rings. The normalized spacial score (nSPS) is 12.1. The van der Waals surface area contributed by atoms with Crippen LogP contribution >= 0.6 is 0 Å². The van der Waals surface area contributed by atoms with Crippen molar-refractivity contribution in [3.63, 3.8) is 0 Å². The van der Waals surface area contributed by atoms with Gasteiger partial charge in [0.05, 0.1) is 25.6 Å². The van der Waals surface area contributed by atoms with Gasteiger partial charge in [0.15, 0.2) is 0 Å². The van der Waals surface area contributed by atoms with Crippen LogP contribution in [0.15, 0.2) is 12.3 Å². The third-order valence-electron chi connectivity index (χ3n) is 1.51. The van der Waals surface area contributed by atoms with Gasteiger partial charge >= 0.3 is 0 Å². The van der Waals surface area contributed by atoms with Crippen LogP contribution in [0.3, 0.4) is 0 Å². The van der Waals surface area contributed by atoms with E-state index in [2.05, 4.69) is 13.8 Å². The van der Waals surface area contributed by atoms with Gasteiger partial charge < -0.3 is 14.9 Å². The molecule has 2 N–H and O–H groups in total. The van der Waals surface area contributed by atoms with Gasteiger partial charge in [0.1, 0.15) is 0 Å². The maximum Gasteiger partial charge on any atom is 0.0950 e. The van der Waals surface area contributed by atoms with Crippen LogP contribution in [0.2, 0.25) is 0 Å². The lowest BCUT2D eigenvalue weighted by Gasteiger charge is -2.09. The summed E-state index contributed by atoms with van der Waals surface area (Å²) in [6.07, 6.45) is 7.75. The maximum atomic E-state index is 7.62. The second-order valence-corrected chi connectivity index (χ2v) is 3.01. The molecule has 0 bridgehead atoms. The molecule has 14 heavy (non-hydrogen) atoms. The highest BCUT2D eigenvalue weighted by Gasteiger charge is 1.96. The first kappa shape index (κ1) is 15.9. The highest BCUT2D eigenvalue weighted by molar-refractivity contribution is 4.67. The highest BCUT2D eigenvalue weighted by Crippen LogP contribution is 2.03. The summed E-state index contributed by atoms with van der Waals surface area (Å²) in [5.74, 6) is 0. The second kappa shape index (κ2) is 15.0. The van der Waals surface area contributed by atoms with Crippen molar-refractivity contribution in [3.05, 3.63) is 12.3 Å². The summed E-state index contributed by atoms with van der Waals surface area (Å²) in [6.45, 7) is 6.02. The molecular formula is C11H24O3. The van der Waals surface area contributed by atoms with Crippen molar-refractivity contribution in [1.82, 2.24) is 0 Å². The highest BCUT2D eigenvalue weighted by atomic mass is 16.5. The van der Waals surface area contributed by atoms with E-state index in [1.165, 1.54) is 19.3 Å². The molecule has 3 heteroatoms. The van der Waals surface area contributed by atoms with Crippen molar-refractivity contribution in [3.8, 4) is 0 Å². The number of allylic oxidation sites excluding steroid dienone is 1. The average Bonchev–Trinajstić information content (AvgIpc) is 2.23. The summed E-state index contributed by atoms with van der Waals surface area (Å²) in [5.41, 5.74) is 0. The molecular weight excluding hydrogens is 180 g/mol. The predicted octanol–water partition coefficient (Wildman–Crippen LogP) is 2.09. The van der Waals surface area contributed by atoms with Gasteiger partial charge in [0.25, 0.3) is 0 Å². The van der Waals surface area contributed by atoms with E-state index >= 15 is 0 Å². The van der Waals surface area contributed by atoms with Crippen molar-refractivity contribution < 1.29 is 14.9 Å². The predicted molar refractivity (Wildman–Crippen MR) is 59.1 cm³/mol. The third-order valence-corrected chi connectivity index (χ3v) is 1.51. The fourth-order valence-corrected chi connectivity index (χ4v) is 0.772. The Morgan fingerprint density at radius 2 is 1.86 bits per heavy atom. The Morgan fingerprint density at radius 1 is 1.29 bits per heavy atom. The Bertz CT molecular complexity index is 111. The number of aliphatic hydroxyl groups excluding tert-OH is 2. The minimum Gasteiger partial charge on any atom is -0.499 e. The lowest BCUT2D eigenvalue weighted by atomic mass is 10.2. The van der Waals surface area contributed by atoms with Crippen molar-refractivity contribution in [2.45, 2.75) is 46.1 Å². The largest absolute Gasteiger partial charge is 0.499 e. The molecule has 0 aromatic carbocycles. The number of aliphatic hydroxyl groups is 2. The Balaban J connectivity index is 0. The number of unbranched alkanes of at least 4 members (excludes halogenated alkanes) is 1. The molecule has 0 spiro atoms. The van der Waals surface area contributed by atoms with Gasteiger partial charge in [-0.05, 0) is 20.3 Å². The van der Waals surface area contributed by atoms with Gasteiger partial charge in [-0.1, -0.05) is 25.8 Å². The van der Waals surface area contributed by atoms with E-state index in [0.29, 0.717) is 6.10 Å². The van der Waals surface area contributed by atoms with Crippen molar-refractivity contribution >= 4 is 0 Å². The molecule has 0 radical (unpaired) electrons. The first-order valence-electron chi connectivity index (χ1n) is 5.21. The standard InChI is InChI=1S/C9H18O.C2H6O2/c1-4-6-7-9(3)10-8-5-2;3-1-2-4/h5,8-9H,4,6-7H2,1-3H3;3-4H,1-2H2/b8-5+;. The monoisotopic (exact) mass is 204 g/mol. The summed E-state index contributed by atoms with van der Waals surface area (Å²) in [5, 5.41) is 15.2. The van der Waals surface area contributed by atoms with Crippen LogP contribution < -0.4 is 0 Å². The number of rotatable bonds is 6. The van der Waals surface area contributed by atoms with Gasteiger partial charge in [-0.25, -0.2) is 0 Å². The van der Waals surface area contributed by atoms with E-state index in [0.717, 1.165) is 0 Å². The quantitative estimate of drug-likeness (QED) is 0.651. The smallest absolute Gasteiger partial charge is 0.0950 e. The van der Waals surface area contributed by atoms with Gasteiger partial charge in [-0.15, -0.1) is 0 Å². The molecule has 0 aromatic heterocycles. The fourth-order valence-electron chi connectivity index (χ4n) is 0.772. The van der Waals surface area contributed by atoms with E-state index in [9.17, 15) is 0 Å². The molecule has 0 amide bonds. The van der Waals surface area contributed by atoms with Crippen molar-refractivity contribution in [2.75, 3.05) is 13.2 Å². The van der Waals surface area contributed by atoms with E-state index in [1.54, 1.807) is 6.26 Å². The van der Waals surface area contributed by atoms with Crippen LogP contribution in [0.4, 0.5) is 0 Å². The third kappa shape index (κ3) is 17.5. The van der Waals surface area contributed by atoms with Gasteiger partial charge in [0.2, 0.25) is 0 Å². The maximum absolute atomic E-state index is 7.62. The van der Waals surface area contributed by atoms with Gasteiger partial charge in [-0.3, -0.25) is 0 Å². The average molecular weight is 204 g/mol. The van der Waals surface area contributed by atoms with E-state index < -0.39 is 0 Å². The molecule has 0 heterocycles. The Hall–Kier alpha value is -0.540. The lowest BCUT2D eigenvalue weighted by Crippen LogP contribution is -2.02. The van der Waals surface area contributed by atoms with Crippen molar-refractivity contribution in [2.24, 2.45) is 0 Å². The minimum absolute atomic E-state index is 0.125. The molecule has 1 atom stereocenters. The van der Waals surface area contributed by atoms with Gasteiger partial charge in [0, 0.05) is 0 Å². The number of hydrogen-bond donors (Lipinski definition) is 2. The number of hydrogen-bond acceptors (Lipinski definition) is 3. The van der Waals surface area contributed by atoms with Crippen LogP contribution in [-0.2, 0) is 4.74 Å². The van der Waals surface area contributed by atoms with E-state index in [1.807, 2.05) is 13.0 Å². The Morgan fingerprint density at radius 3 is 2.21 bits per heavy atom. The molecule has 0 aromatic rings. The summed E-state index contributed by atoms with van der Waals surface area (Å²) < 4.78 is 5.31. The van der Waals surface area contributed by atoms with E-state index in [4.69, 9.17) is 14.9 Å². The van der Waals surface area contributed by atoms with Crippen LogP contribution in [0.25, 0.3) is 0 Å². The molecule has 0 aliphatic heterocycles. The zero-order chi connectivity index (χ0) is 11.2. The summed E-state index contributed by atoms with van der Waals surface area (Å²) in [6, 6.07) is 0. The van der Waals surface area contributed by atoms with Crippen molar-refractivity contribution in [1.29, 1.82) is 0 Å². The summed E-state index contributed by atoms with van der Waals surface area (Å²) in [7, 11) is 0. The fraction of sp³-hybridized carbons (Fsp3) is 0.818. The molecule has 86 valence electrons. The molecule has 0 fully saturated rings. The van der Waals surface area contributed by atoms with Crippen LogP contribution in [-0.4, -0.2) is 29.5 Å². The molecule has 0 saturated carbocycles. The van der Waals surface area contributed by atoms with Gasteiger partial charge in [-0.2, -0.15) is 0 Å². The lowest BCUT2D eigenvalue weighted by molar-refractivity contribution is 0.150. The zero-order valence-electron chi connectivity index (χ0n) is 9.57.